The van der Waals surface area contributed by atoms with Crippen molar-refractivity contribution in [2.24, 2.45) is 0 Å². The van der Waals surface area contributed by atoms with E-state index in [4.69, 9.17) is 4.98 Å². The van der Waals surface area contributed by atoms with Crippen LogP contribution in [0.1, 0.15) is 22.3 Å². The standard InChI is InChI=1S/C22H21N3S/c1-16-7-9-18(10-8-16)15-26-22-24-20-11-12-23-13-21(20)25(22)14-19-6-4-3-5-17(19)2/h3-13H,14-15H2,1-2H3. The van der Waals surface area contributed by atoms with Crippen molar-refractivity contribution < 1.29 is 0 Å². The molecule has 0 saturated carbocycles. The van der Waals surface area contributed by atoms with Gasteiger partial charge in [0, 0.05) is 11.9 Å². The molecule has 4 heteroatoms. The molecule has 3 nitrogen and oxygen atoms in total. The zero-order chi connectivity index (χ0) is 17.9. The lowest BCUT2D eigenvalue weighted by atomic mass is 10.1. The summed E-state index contributed by atoms with van der Waals surface area (Å²) in [5.41, 5.74) is 7.30. The van der Waals surface area contributed by atoms with E-state index < -0.39 is 0 Å². The second-order valence-electron chi connectivity index (χ2n) is 6.55. The van der Waals surface area contributed by atoms with Crippen molar-refractivity contribution in [3.05, 3.63) is 89.2 Å². The fourth-order valence-corrected chi connectivity index (χ4v) is 3.97. The number of nitrogens with zero attached hydrogens (tertiary/aromatic N) is 3. The smallest absolute Gasteiger partial charge is 0.169 e. The summed E-state index contributed by atoms with van der Waals surface area (Å²) in [5.74, 6) is 0.908. The van der Waals surface area contributed by atoms with Crippen molar-refractivity contribution in [1.82, 2.24) is 14.5 Å². The van der Waals surface area contributed by atoms with E-state index in [1.807, 2.05) is 18.5 Å². The molecule has 2 aromatic heterocycles. The molecule has 0 N–H and O–H groups in total. The molecule has 0 fully saturated rings. The molecular formula is C22H21N3S. The minimum atomic E-state index is 0.811. The van der Waals surface area contributed by atoms with E-state index in [-0.39, 0.29) is 0 Å². The van der Waals surface area contributed by atoms with E-state index in [0.717, 1.165) is 28.5 Å². The molecule has 0 saturated heterocycles. The van der Waals surface area contributed by atoms with E-state index in [9.17, 15) is 0 Å². The second-order valence-corrected chi connectivity index (χ2v) is 7.49. The summed E-state index contributed by atoms with van der Waals surface area (Å²) in [6.07, 6.45) is 3.72. The fourth-order valence-electron chi connectivity index (χ4n) is 3.00. The quantitative estimate of drug-likeness (QED) is 0.448. The number of benzene rings is 2. The van der Waals surface area contributed by atoms with Crippen LogP contribution in [-0.4, -0.2) is 14.5 Å². The summed E-state index contributed by atoms with van der Waals surface area (Å²) in [6, 6.07) is 19.2. The Labute approximate surface area is 158 Å². The van der Waals surface area contributed by atoms with Gasteiger partial charge in [-0.2, -0.15) is 0 Å². The van der Waals surface area contributed by atoms with Gasteiger partial charge in [-0.25, -0.2) is 4.98 Å². The van der Waals surface area contributed by atoms with Crippen LogP contribution in [-0.2, 0) is 12.3 Å². The number of hydrogen-bond acceptors (Lipinski definition) is 3. The Kier molecular flexibility index (Phi) is 4.76. The second kappa shape index (κ2) is 7.34. The first-order chi connectivity index (χ1) is 12.7. The van der Waals surface area contributed by atoms with Crippen LogP contribution in [0, 0.1) is 13.8 Å². The largest absolute Gasteiger partial charge is 0.313 e. The van der Waals surface area contributed by atoms with E-state index in [0.29, 0.717) is 0 Å². The number of hydrogen-bond donors (Lipinski definition) is 0. The zero-order valence-electron chi connectivity index (χ0n) is 15.0. The lowest BCUT2D eigenvalue weighted by Crippen LogP contribution is -2.03. The Morgan fingerprint density at radius 1 is 0.962 bits per heavy atom. The third-order valence-corrected chi connectivity index (χ3v) is 5.64. The van der Waals surface area contributed by atoms with Gasteiger partial charge in [-0.1, -0.05) is 65.9 Å². The van der Waals surface area contributed by atoms with Crippen molar-refractivity contribution in [1.29, 1.82) is 0 Å². The zero-order valence-corrected chi connectivity index (χ0v) is 15.8. The molecule has 0 aliphatic heterocycles. The average Bonchev–Trinajstić information content (AvgIpc) is 3.01. The predicted molar refractivity (Wildman–Crippen MR) is 109 cm³/mol. The van der Waals surface area contributed by atoms with Gasteiger partial charge in [0.2, 0.25) is 0 Å². The first-order valence-corrected chi connectivity index (χ1v) is 9.72. The first kappa shape index (κ1) is 16.9. The molecule has 0 aliphatic rings. The van der Waals surface area contributed by atoms with Gasteiger partial charge in [0.05, 0.1) is 23.8 Å². The van der Waals surface area contributed by atoms with E-state index >= 15 is 0 Å². The van der Waals surface area contributed by atoms with E-state index in [1.54, 1.807) is 11.8 Å². The fraction of sp³-hybridized carbons (Fsp3) is 0.182. The number of rotatable bonds is 5. The number of aromatic nitrogens is 3. The molecule has 0 aliphatic carbocycles. The Hall–Kier alpha value is -2.59. The van der Waals surface area contributed by atoms with Gasteiger partial charge in [-0.05, 0) is 36.6 Å². The van der Waals surface area contributed by atoms with Crippen LogP contribution >= 0.6 is 11.8 Å². The van der Waals surface area contributed by atoms with Gasteiger partial charge < -0.3 is 4.57 Å². The van der Waals surface area contributed by atoms with Gasteiger partial charge in [-0.3, -0.25) is 4.98 Å². The summed E-state index contributed by atoms with van der Waals surface area (Å²) < 4.78 is 2.28. The minimum absolute atomic E-state index is 0.811. The van der Waals surface area contributed by atoms with E-state index in [2.05, 4.69) is 71.9 Å². The molecule has 4 rings (SSSR count). The van der Waals surface area contributed by atoms with Crippen molar-refractivity contribution >= 4 is 22.8 Å². The average molecular weight is 359 g/mol. The molecule has 2 heterocycles. The first-order valence-electron chi connectivity index (χ1n) is 8.74. The third kappa shape index (κ3) is 3.51. The lowest BCUT2D eigenvalue weighted by molar-refractivity contribution is 0.727. The maximum absolute atomic E-state index is 4.86. The summed E-state index contributed by atoms with van der Waals surface area (Å²) >= 11 is 1.78. The highest BCUT2D eigenvalue weighted by Gasteiger charge is 2.13. The van der Waals surface area contributed by atoms with Crippen LogP contribution in [0.3, 0.4) is 0 Å². The van der Waals surface area contributed by atoms with Crippen LogP contribution in [0.25, 0.3) is 11.0 Å². The van der Waals surface area contributed by atoms with Crippen molar-refractivity contribution in [2.45, 2.75) is 31.3 Å². The highest BCUT2D eigenvalue weighted by atomic mass is 32.2. The number of pyridine rings is 1. The Balaban J connectivity index is 1.67. The molecular weight excluding hydrogens is 338 g/mol. The molecule has 4 aromatic rings. The van der Waals surface area contributed by atoms with Crippen LogP contribution in [0.4, 0.5) is 0 Å². The molecule has 0 amide bonds. The molecule has 0 radical (unpaired) electrons. The topological polar surface area (TPSA) is 30.7 Å². The molecule has 0 bridgehead atoms. The maximum Gasteiger partial charge on any atom is 0.169 e. The van der Waals surface area contributed by atoms with Gasteiger partial charge in [-0.15, -0.1) is 0 Å². The predicted octanol–water partition coefficient (Wildman–Crippen LogP) is 5.39. The Morgan fingerprint density at radius 3 is 2.58 bits per heavy atom. The number of thioether (sulfide) groups is 1. The van der Waals surface area contributed by atoms with Gasteiger partial charge in [0.25, 0.3) is 0 Å². The third-order valence-electron chi connectivity index (χ3n) is 4.59. The van der Waals surface area contributed by atoms with Crippen LogP contribution in [0.15, 0.2) is 72.1 Å². The number of aryl methyl sites for hydroxylation is 2. The summed E-state index contributed by atoms with van der Waals surface area (Å²) in [7, 11) is 0. The summed E-state index contributed by atoms with van der Waals surface area (Å²) in [4.78, 5) is 9.17. The Bertz CT molecular complexity index is 1030. The van der Waals surface area contributed by atoms with Crippen molar-refractivity contribution in [3.8, 4) is 0 Å². The van der Waals surface area contributed by atoms with Gasteiger partial charge in [0.1, 0.15) is 0 Å². The molecule has 0 unspecified atom stereocenters. The van der Waals surface area contributed by atoms with E-state index in [1.165, 1.54) is 22.3 Å². The molecule has 0 atom stereocenters. The minimum Gasteiger partial charge on any atom is -0.313 e. The number of fused-ring (bicyclic) bond motifs is 1. The molecule has 2 aromatic carbocycles. The van der Waals surface area contributed by atoms with Crippen LogP contribution in [0.5, 0.6) is 0 Å². The van der Waals surface area contributed by atoms with Gasteiger partial charge >= 0.3 is 0 Å². The van der Waals surface area contributed by atoms with Gasteiger partial charge in [0.15, 0.2) is 5.16 Å². The highest BCUT2D eigenvalue weighted by molar-refractivity contribution is 7.98. The normalized spacial score (nSPS) is 11.2. The maximum atomic E-state index is 4.86. The monoisotopic (exact) mass is 359 g/mol. The van der Waals surface area contributed by atoms with Crippen LogP contribution in [0.2, 0.25) is 0 Å². The number of imidazole rings is 1. The van der Waals surface area contributed by atoms with Crippen molar-refractivity contribution in [3.63, 3.8) is 0 Å². The molecule has 130 valence electrons. The summed E-state index contributed by atoms with van der Waals surface area (Å²) in [6.45, 7) is 5.09. The van der Waals surface area contributed by atoms with Crippen LogP contribution < -0.4 is 0 Å². The lowest BCUT2D eigenvalue weighted by Gasteiger charge is -2.11. The highest BCUT2D eigenvalue weighted by Crippen LogP contribution is 2.28. The SMILES string of the molecule is Cc1ccc(CSc2nc3ccncc3n2Cc2ccccc2C)cc1. The molecule has 26 heavy (non-hydrogen) atoms. The summed E-state index contributed by atoms with van der Waals surface area (Å²) in [5, 5.41) is 1.04. The van der Waals surface area contributed by atoms with Crippen molar-refractivity contribution in [2.75, 3.05) is 0 Å². The Morgan fingerprint density at radius 2 is 1.77 bits per heavy atom. The molecule has 0 spiro atoms.